The summed E-state index contributed by atoms with van der Waals surface area (Å²) in [5.74, 6) is 0. The van der Waals surface area contributed by atoms with Crippen molar-refractivity contribution >= 4 is 15.6 Å². The minimum Gasteiger partial charge on any atom is -0.756 e. The molecule has 0 aromatic carbocycles. The van der Waals surface area contributed by atoms with Gasteiger partial charge in [0, 0.05) is 7.11 Å². The highest BCUT2D eigenvalue weighted by Crippen LogP contribution is 2.51. The summed E-state index contributed by atoms with van der Waals surface area (Å²) in [6, 6.07) is 0. The average molecular weight is 226 g/mol. The Bertz CT molecular complexity index is 198. The number of quaternary nitrogens is 2. The molecule has 0 spiro atoms. The van der Waals surface area contributed by atoms with Crippen molar-refractivity contribution in [3.63, 3.8) is 0 Å². The van der Waals surface area contributed by atoms with Gasteiger partial charge in [0.05, 0.1) is 0 Å². The van der Waals surface area contributed by atoms with Crippen molar-refractivity contribution in [1.82, 2.24) is 12.3 Å². The lowest BCUT2D eigenvalue weighted by Gasteiger charge is -2.25. The summed E-state index contributed by atoms with van der Waals surface area (Å²) in [5, 5.41) is 0. The maximum Gasteiger partial charge on any atom is 0.274 e. The van der Waals surface area contributed by atoms with Crippen LogP contribution in [0.1, 0.15) is 0 Å². The lowest BCUT2D eigenvalue weighted by atomic mass is 11.8. The molecule has 0 fully saturated rings. The van der Waals surface area contributed by atoms with Crippen molar-refractivity contribution in [2.24, 2.45) is 0 Å². The Hall–Kier alpha value is 0.180. The van der Waals surface area contributed by atoms with Crippen molar-refractivity contribution < 1.29 is 32.6 Å². The second kappa shape index (κ2) is 5.76. The molecule has 0 aliphatic rings. The molecule has 0 saturated carbocycles. The van der Waals surface area contributed by atoms with Crippen LogP contribution in [-0.4, -0.2) is 12.0 Å². The van der Waals surface area contributed by atoms with Gasteiger partial charge in [-0.3, -0.25) is 9.13 Å². The van der Waals surface area contributed by atoms with Gasteiger partial charge in [-0.2, -0.15) is 0 Å². The minimum atomic E-state index is -5.25. The maximum atomic E-state index is 10.1. The van der Waals surface area contributed by atoms with Crippen molar-refractivity contribution in [3.8, 4) is 0 Å². The van der Waals surface area contributed by atoms with E-state index in [1.807, 2.05) is 0 Å². The predicted molar refractivity (Wildman–Crippen MR) is 37.5 cm³/mol. The summed E-state index contributed by atoms with van der Waals surface area (Å²) >= 11 is 0. The Balaban J connectivity index is -0.000000405. The fourth-order valence-corrected chi connectivity index (χ4v) is 1.44. The Morgan fingerprint density at radius 2 is 1.58 bits per heavy atom. The van der Waals surface area contributed by atoms with Gasteiger partial charge in [-0.25, -0.2) is 4.31 Å². The lowest BCUT2D eigenvalue weighted by molar-refractivity contribution is -0.239. The van der Waals surface area contributed by atoms with E-state index in [0.29, 0.717) is 7.11 Å². The molecule has 12 heavy (non-hydrogen) atoms. The zero-order valence-electron chi connectivity index (χ0n) is 6.79. The number of phosphoric ester groups is 1. The second-order valence-corrected chi connectivity index (χ2v) is 4.03. The van der Waals surface area contributed by atoms with Gasteiger partial charge in [0.25, 0.3) is 15.6 Å². The molecule has 9 nitrogen and oxygen atoms in total. The number of rotatable bonds is 3. The topological polar surface area (TPSA) is 192 Å². The van der Waals surface area contributed by atoms with E-state index in [0.717, 1.165) is 0 Å². The van der Waals surface area contributed by atoms with Crippen LogP contribution in [0.4, 0.5) is 0 Å². The molecule has 0 amide bonds. The van der Waals surface area contributed by atoms with Crippen LogP contribution in [0.5, 0.6) is 0 Å². The molecule has 0 bridgehead atoms. The first-order valence-electron chi connectivity index (χ1n) is 1.89. The van der Waals surface area contributed by atoms with Crippen LogP contribution in [0.2, 0.25) is 0 Å². The second-order valence-electron chi connectivity index (χ2n) is 1.18. The zero-order valence-corrected chi connectivity index (χ0v) is 8.58. The molecule has 0 saturated heterocycles. The average Bonchev–Trinajstić information content (AvgIpc) is 1.60. The zero-order chi connectivity index (χ0) is 8.41. The first kappa shape index (κ1) is 18.1. The fourth-order valence-electron chi connectivity index (χ4n) is 0.160. The summed E-state index contributed by atoms with van der Waals surface area (Å²) in [6.45, 7) is 0. The van der Waals surface area contributed by atoms with E-state index in [4.69, 9.17) is 4.89 Å². The van der Waals surface area contributed by atoms with Crippen LogP contribution in [0.15, 0.2) is 0 Å². The van der Waals surface area contributed by atoms with Crippen molar-refractivity contribution in [2.75, 3.05) is 7.11 Å². The molecule has 0 heterocycles. The van der Waals surface area contributed by atoms with E-state index < -0.39 is 15.6 Å². The van der Waals surface area contributed by atoms with Gasteiger partial charge in [0.15, 0.2) is 0 Å². The third-order valence-corrected chi connectivity index (χ3v) is 2.50. The van der Waals surface area contributed by atoms with E-state index in [-0.39, 0.29) is 12.3 Å². The van der Waals surface area contributed by atoms with Crippen LogP contribution < -0.4 is 22.1 Å². The van der Waals surface area contributed by atoms with E-state index in [2.05, 4.69) is 8.83 Å². The molecule has 78 valence electrons. The maximum absolute atomic E-state index is 10.1. The SMILES string of the molecule is COP(=O)([O-])OP(=O)([O-])O.[NH4+].[NH4+]. The molecule has 11 heteroatoms. The minimum absolute atomic E-state index is 0. The number of hydrogen-bond donors (Lipinski definition) is 3. The summed E-state index contributed by atoms with van der Waals surface area (Å²) in [6.07, 6.45) is 0. The van der Waals surface area contributed by atoms with Crippen LogP contribution in [-0.2, 0) is 18.0 Å². The molecule has 0 radical (unpaired) electrons. The quantitative estimate of drug-likeness (QED) is 0.530. The smallest absolute Gasteiger partial charge is 0.274 e. The Morgan fingerprint density at radius 3 is 1.67 bits per heavy atom. The standard InChI is InChI=1S/CH6O7P2.2H3N/c1-7-10(5,6)8-9(2,3)4;;/h1H3,(H,5,6)(H2,2,3,4);2*1H3. The number of hydrogen-bond acceptors (Lipinski definition) is 6. The van der Waals surface area contributed by atoms with Gasteiger partial charge in [0.2, 0.25) is 0 Å². The molecule has 0 aromatic rings. The summed E-state index contributed by atoms with van der Waals surface area (Å²) in [5.41, 5.74) is 0. The molecule has 0 rings (SSSR count). The summed E-state index contributed by atoms with van der Waals surface area (Å²) in [4.78, 5) is 27.6. The fraction of sp³-hybridized carbons (Fsp3) is 1.00. The third-order valence-electron chi connectivity index (χ3n) is 0.427. The van der Waals surface area contributed by atoms with Crippen LogP contribution in [0, 0.1) is 0 Å². The normalized spacial score (nSPS) is 19.3. The largest absolute Gasteiger partial charge is 0.756 e. The number of phosphoric acid groups is 2. The molecule has 0 aromatic heterocycles. The molecule has 9 N–H and O–H groups in total. The molecule has 2 unspecified atom stereocenters. The van der Waals surface area contributed by atoms with Gasteiger partial charge < -0.3 is 31.5 Å². The highest BCUT2D eigenvalue weighted by atomic mass is 31.3. The third kappa shape index (κ3) is 10.2. The van der Waals surface area contributed by atoms with Gasteiger partial charge >= 0.3 is 0 Å². The van der Waals surface area contributed by atoms with Crippen LogP contribution >= 0.6 is 15.6 Å². The molecular weight excluding hydrogens is 214 g/mol. The lowest BCUT2D eigenvalue weighted by Crippen LogP contribution is -2.09. The van der Waals surface area contributed by atoms with Crippen molar-refractivity contribution in [3.05, 3.63) is 0 Å². The first-order valence-corrected chi connectivity index (χ1v) is 4.84. The van der Waals surface area contributed by atoms with E-state index in [9.17, 15) is 18.9 Å². The van der Waals surface area contributed by atoms with Crippen molar-refractivity contribution in [1.29, 1.82) is 0 Å². The van der Waals surface area contributed by atoms with Gasteiger partial charge in [0.1, 0.15) is 0 Å². The highest BCUT2D eigenvalue weighted by Gasteiger charge is 2.13. The highest BCUT2D eigenvalue weighted by molar-refractivity contribution is 7.59. The van der Waals surface area contributed by atoms with Crippen molar-refractivity contribution in [2.45, 2.75) is 0 Å². The van der Waals surface area contributed by atoms with Crippen LogP contribution in [0.25, 0.3) is 0 Å². The predicted octanol–water partition coefficient (Wildman–Crippen LogP) is -0.669. The summed E-state index contributed by atoms with van der Waals surface area (Å²) < 4.78 is 26.4. The molecular formula is CH12N2O7P2. The van der Waals surface area contributed by atoms with Gasteiger partial charge in [-0.05, 0) is 0 Å². The molecule has 0 aliphatic heterocycles. The van der Waals surface area contributed by atoms with E-state index >= 15 is 0 Å². The van der Waals surface area contributed by atoms with E-state index in [1.165, 1.54) is 0 Å². The summed E-state index contributed by atoms with van der Waals surface area (Å²) in [7, 11) is -9.43. The van der Waals surface area contributed by atoms with Gasteiger partial charge in [-0.15, -0.1) is 0 Å². The molecule has 2 atom stereocenters. The van der Waals surface area contributed by atoms with Crippen LogP contribution in [0.3, 0.4) is 0 Å². The Labute approximate surface area is 68.7 Å². The first-order chi connectivity index (χ1) is 4.27. The Kier molecular flexibility index (Phi) is 8.67. The van der Waals surface area contributed by atoms with Gasteiger partial charge in [-0.1, -0.05) is 0 Å². The Morgan fingerprint density at radius 1 is 1.25 bits per heavy atom. The monoisotopic (exact) mass is 226 g/mol. The van der Waals surface area contributed by atoms with E-state index in [1.54, 1.807) is 0 Å². The molecule has 0 aliphatic carbocycles.